The quantitative estimate of drug-likeness (QED) is 0.694. The maximum Gasteiger partial charge on any atom is 0.416 e. The van der Waals surface area contributed by atoms with Gasteiger partial charge in [0, 0.05) is 44.3 Å². The molecule has 1 unspecified atom stereocenters. The summed E-state index contributed by atoms with van der Waals surface area (Å²) in [6, 6.07) is 4.71. The van der Waals surface area contributed by atoms with Gasteiger partial charge in [-0.05, 0) is 76.6 Å². The molecule has 3 aliphatic rings. The molecule has 5 nitrogen and oxygen atoms in total. The lowest BCUT2D eigenvalue weighted by molar-refractivity contribution is -0.137. The molecule has 0 radical (unpaired) electrons. The summed E-state index contributed by atoms with van der Waals surface area (Å²) in [7, 11) is 6.36. The van der Waals surface area contributed by atoms with Crippen molar-refractivity contribution in [2.24, 2.45) is 11.8 Å². The number of rotatable bonds is 8. The van der Waals surface area contributed by atoms with Gasteiger partial charge < -0.3 is 15.1 Å². The smallest absolute Gasteiger partial charge is 0.350 e. The van der Waals surface area contributed by atoms with Crippen LogP contribution in [0, 0.1) is 11.8 Å². The van der Waals surface area contributed by atoms with Crippen LogP contribution in [0.3, 0.4) is 0 Å². The second-order valence-corrected chi connectivity index (χ2v) is 9.04. The van der Waals surface area contributed by atoms with Crippen LogP contribution in [0.15, 0.2) is 24.3 Å². The number of amides is 1. The third-order valence-electron chi connectivity index (χ3n) is 6.46. The first kappa shape index (κ1) is 23.0. The van der Waals surface area contributed by atoms with E-state index in [0.29, 0.717) is 24.4 Å². The third-order valence-corrected chi connectivity index (χ3v) is 6.46. The standard InChI is InChI=1S/C22H33F3N4O/c1-27(2)10-11-28(3)14-18-15-29-9-8-17(18)12-20(29)13-26-21(30)16-4-6-19(7-5-16)22(23,24)25/h4-7,17-18,20H,8-15H2,1-3H3,(H,26,30)/t17-,18-,20+/m0/s1. The van der Waals surface area contributed by atoms with E-state index in [9.17, 15) is 18.0 Å². The molecule has 1 aromatic carbocycles. The summed E-state index contributed by atoms with van der Waals surface area (Å²) in [6.45, 7) is 5.86. The summed E-state index contributed by atoms with van der Waals surface area (Å²) < 4.78 is 38.0. The minimum atomic E-state index is -4.39. The molecule has 2 bridgehead atoms. The van der Waals surface area contributed by atoms with Gasteiger partial charge in [0.1, 0.15) is 0 Å². The van der Waals surface area contributed by atoms with Gasteiger partial charge in [0.25, 0.3) is 5.91 Å². The van der Waals surface area contributed by atoms with E-state index < -0.39 is 11.7 Å². The molecular weight excluding hydrogens is 393 g/mol. The van der Waals surface area contributed by atoms with Crippen LogP contribution in [0.1, 0.15) is 28.8 Å². The Morgan fingerprint density at radius 1 is 1.17 bits per heavy atom. The zero-order valence-electron chi connectivity index (χ0n) is 18.1. The van der Waals surface area contributed by atoms with Gasteiger partial charge in [0.05, 0.1) is 5.56 Å². The van der Waals surface area contributed by atoms with Gasteiger partial charge in [-0.25, -0.2) is 0 Å². The Labute approximate surface area is 177 Å². The van der Waals surface area contributed by atoms with Crippen LogP contribution in [0.5, 0.6) is 0 Å². The summed E-state index contributed by atoms with van der Waals surface area (Å²) in [4.78, 5) is 19.4. The Kier molecular flexibility index (Phi) is 7.42. The molecule has 4 atom stereocenters. The van der Waals surface area contributed by atoms with E-state index in [0.717, 1.165) is 51.3 Å². The van der Waals surface area contributed by atoms with Crippen molar-refractivity contribution < 1.29 is 18.0 Å². The van der Waals surface area contributed by atoms with Gasteiger partial charge in [-0.2, -0.15) is 13.2 Å². The number of piperidine rings is 3. The molecule has 8 heteroatoms. The summed E-state index contributed by atoms with van der Waals surface area (Å²) in [5, 5.41) is 2.92. The molecule has 1 aromatic rings. The number of carbonyl (C=O) groups is 1. The first-order valence-electron chi connectivity index (χ1n) is 10.7. The molecule has 168 valence electrons. The number of halogens is 3. The fraction of sp³-hybridized carbons (Fsp3) is 0.682. The van der Waals surface area contributed by atoms with E-state index >= 15 is 0 Å². The zero-order valence-corrected chi connectivity index (χ0v) is 18.1. The first-order chi connectivity index (χ1) is 14.1. The molecule has 4 rings (SSSR count). The number of nitrogens with one attached hydrogen (secondary N) is 1. The van der Waals surface area contributed by atoms with Crippen LogP contribution in [-0.2, 0) is 6.18 Å². The number of likely N-dealkylation sites (N-methyl/N-ethyl adjacent to an activating group) is 2. The van der Waals surface area contributed by atoms with Crippen molar-refractivity contribution in [3.63, 3.8) is 0 Å². The highest BCUT2D eigenvalue weighted by Crippen LogP contribution is 2.36. The van der Waals surface area contributed by atoms with Crippen molar-refractivity contribution in [3.8, 4) is 0 Å². The summed E-state index contributed by atoms with van der Waals surface area (Å²) >= 11 is 0. The predicted molar refractivity (Wildman–Crippen MR) is 111 cm³/mol. The molecule has 0 spiro atoms. The van der Waals surface area contributed by atoms with Gasteiger partial charge in [-0.15, -0.1) is 0 Å². The van der Waals surface area contributed by atoms with Crippen molar-refractivity contribution in [1.82, 2.24) is 20.0 Å². The number of alkyl halides is 3. The molecule has 1 amide bonds. The van der Waals surface area contributed by atoms with Crippen molar-refractivity contribution >= 4 is 5.91 Å². The van der Waals surface area contributed by atoms with Gasteiger partial charge in [-0.3, -0.25) is 9.69 Å². The molecule has 3 saturated heterocycles. The molecule has 3 aliphatic heterocycles. The maximum absolute atomic E-state index is 12.7. The SMILES string of the molecule is CN(C)CCN(C)C[C@H]1CN2CC[C@H]1C[C@@H]2CNC(=O)c1ccc(C(F)(F)F)cc1. The molecule has 3 heterocycles. The van der Waals surface area contributed by atoms with Crippen LogP contribution in [0.4, 0.5) is 13.2 Å². The lowest BCUT2D eigenvalue weighted by Crippen LogP contribution is -2.58. The Morgan fingerprint density at radius 3 is 2.43 bits per heavy atom. The summed E-state index contributed by atoms with van der Waals surface area (Å²) in [6.07, 6.45) is -2.12. The molecular formula is C22H33F3N4O. The maximum atomic E-state index is 12.7. The Morgan fingerprint density at radius 2 is 1.87 bits per heavy atom. The fourth-order valence-corrected chi connectivity index (χ4v) is 4.65. The van der Waals surface area contributed by atoms with E-state index in [1.165, 1.54) is 18.6 Å². The second-order valence-electron chi connectivity index (χ2n) is 9.04. The van der Waals surface area contributed by atoms with E-state index in [2.05, 4.69) is 41.2 Å². The first-order valence-corrected chi connectivity index (χ1v) is 10.7. The van der Waals surface area contributed by atoms with Crippen LogP contribution in [0.25, 0.3) is 0 Å². The minimum Gasteiger partial charge on any atom is -0.350 e. The van der Waals surface area contributed by atoms with Crippen LogP contribution in [0.2, 0.25) is 0 Å². The molecule has 0 aromatic heterocycles. The van der Waals surface area contributed by atoms with Crippen molar-refractivity contribution in [2.75, 3.05) is 60.4 Å². The van der Waals surface area contributed by atoms with E-state index in [-0.39, 0.29) is 11.5 Å². The molecule has 0 aliphatic carbocycles. The molecule has 30 heavy (non-hydrogen) atoms. The number of hydrogen-bond donors (Lipinski definition) is 1. The predicted octanol–water partition coefficient (Wildman–Crippen LogP) is 2.64. The Bertz CT molecular complexity index is 707. The zero-order chi connectivity index (χ0) is 21.9. The largest absolute Gasteiger partial charge is 0.416 e. The van der Waals surface area contributed by atoms with Crippen LogP contribution < -0.4 is 5.32 Å². The molecule has 3 fully saturated rings. The normalized spacial score (nSPS) is 26.4. The van der Waals surface area contributed by atoms with Gasteiger partial charge in [0.15, 0.2) is 0 Å². The molecule has 1 N–H and O–H groups in total. The highest BCUT2D eigenvalue weighted by molar-refractivity contribution is 5.94. The minimum absolute atomic E-state index is 0.263. The Balaban J connectivity index is 1.47. The van der Waals surface area contributed by atoms with Gasteiger partial charge in [0.2, 0.25) is 0 Å². The number of benzene rings is 1. The average molecular weight is 427 g/mol. The average Bonchev–Trinajstić information content (AvgIpc) is 2.70. The van der Waals surface area contributed by atoms with Gasteiger partial charge in [-0.1, -0.05) is 0 Å². The highest BCUT2D eigenvalue weighted by Gasteiger charge is 2.40. The number of nitrogens with zero attached hydrogens (tertiary/aromatic N) is 3. The number of fused-ring (bicyclic) bond motifs is 3. The van der Waals surface area contributed by atoms with E-state index in [1.807, 2.05) is 0 Å². The second kappa shape index (κ2) is 9.66. The monoisotopic (exact) mass is 426 g/mol. The van der Waals surface area contributed by atoms with Crippen LogP contribution in [-0.4, -0.2) is 87.1 Å². The Hall–Kier alpha value is -1.64. The van der Waals surface area contributed by atoms with E-state index in [1.54, 1.807) is 0 Å². The lowest BCUT2D eigenvalue weighted by atomic mass is 9.75. The highest BCUT2D eigenvalue weighted by atomic mass is 19.4. The fourth-order valence-electron chi connectivity index (χ4n) is 4.65. The topological polar surface area (TPSA) is 38.8 Å². The lowest BCUT2D eigenvalue weighted by Gasteiger charge is -2.50. The van der Waals surface area contributed by atoms with Crippen molar-refractivity contribution in [3.05, 3.63) is 35.4 Å². The van der Waals surface area contributed by atoms with Crippen molar-refractivity contribution in [2.45, 2.75) is 25.1 Å². The summed E-state index contributed by atoms with van der Waals surface area (Å²) in [5.74, 6) is 1.02. The number of carbonyl (C=O) groups excluding carboxylic acids is 1. The van der Waals surface area contributed by atoms with Gasteiger partial charge >= 0.3 is 6.18 Å². The molecule has 0 saturated carbocycles. The summed E-state index contributed by atoms with van der Waals surface area (Å²) in [5.41, 5.74) is -0.476. The van der Waals surface area contributed by atoms with Crippen molar-refractivity contribution in [1.29, 1.82) is 0 Å². The van der Waals surface area contributed by atoms with Crippen LogP contribution >= 0.6 is 0 Å². The number of hydrogen-bond acceptors (Lipinski definition) is 4. The third kappa shape index (κ3) is 5.95. The van der Waals surface area contributed by atoms with E-state index in [4.69, 9.17) is 0 Å².